The van der Waals surface area contributed by atoms with E-state index in [1.54, 1.807) is 0 Å². The highest BCUT2D eigenvalue weighted by atomic mass is 16.3. The summed E-state index contributed by atoms with van der Waals surface area (Å²) in [6.07, 6.45) is 3.02. The van der Waals surface area contributed by atoms with Gasteiger partial charge >= 0.3 is 0 Å². The number of unbranched alkanes of at least 4 members (excludes halogenated alkanes) is 2. The van der Waals surface area contributed by atoms with Crippen LogP contribution in [0.1, 0.15) is 26.2 Å². The van der Waals surface area contributed by atoms with Gasteiger partial charge in [0.05, 0.1) is 13.2 Å². The largest absolute Gasteiger partial charge is 0.395 e. The highest BCUT2D eigenvalue weighted by molar-refractivity contribution is 5.97. The van der Waals surface area contributed by atoms with Gasteiger partial charge in [-0.25, -0.2) is 0 Å². The Hall–Kier alpha value is -0.890. The normalized spacial score (nSPS) is 17.2. The molecule has 102 valence electrons. The van der Waals surface area contributed by atoms with Gasteiger partial charge < -0.3 is 5.11 Å². The molecule has 0 aromatic rings. The van der Waals surface area contributed by atoms with Gasteiger partial charge in [-0.15, -0.1) is 0 Å². The molecule has 1 N–H and O–H groups in total. The number of hydrogen-bond donors (Lipinski definition) is 1. The molecule has 0 bridgehead atoms. The lowest BCUT2D eigenvalue weighted by molar-refractivity contribution is -0.115. The van der Waals surface area contributed by atoms with Crippen LogP contribution in [0.4, 0.5) is 0 Å². The van der Waals surface area contributed by atoms with Gasteiger partial charge in [-0.1, -0.05) is 19.3 Å². The number of β-amino-alcohol motifs (C(OH)–C–C–N with tert-alkyl or cyclic N) is 1. The van der Waals surface area contributed by atoms with Crippen LogP contribution in [0.25, 0.3) is 0 Å². The van der Waals surface area contributed by atoms with Crippen molar-refractivity contribution in [1.29, 1.82) is 0 Å². The van der Waals surface area contributed by atoms with Gasteiger partial charge in [0.2, 0.25) is 5.78 Å². The third kappa shape index (κ3) is 6.15. The van der Waals surface area contributed by atoms with Crippen molar-refractivity contribution in [3.8, 4) is 11.8 Å². The van der Waals surface area contributed by atoms with Gasteiger partial charge in [0, 0.05) is 39.1 Å². The van der Waals surface area contributed by atoms with Crippen molar-refractivity contribution in [1.82, 2.24) is 9.80 Å². The molecule has 1 rings (SSSR count). The maximum absolute atomic E-state index is 11.6. The van der Waals surface area contributed by atoms with Gasteiger partial charge in [-0.3, -0.25) is 14.6 Å². The molecule has 0 atom stereocenters. The number of carbonyl (C=O) groups is 1. The SMILES string of the molecule is CCCCC#CC(=O)CN1CCN(CCO)CC1. The Labute approximate surface area is 110 Å². The van der Waals surface area contributed by atoms with E-state index in [0.29, 0.717) is 6.54 Å². The summed E-state index contributed by atoms with van der Waals surface area (Å²) in [5.74, 6) is 5.68. The quantitative estimate of drug-likeness (QED) is 0.421. The second kappa shape index (κ2) is 9.09. The molecule has 0 unspecified atom stereocenters. The molecule has 0 aromatic heterocycles. The van der Waals surface area contributed by atoms with Crippen LogP contribution in [0.15, 0.2) is 0 Å². The first-order valence-electron chi connectivity index (χ1n) is 6.83. The van der Waals surface area contributed by atoms with E-state index < -0.39 is 0 Å². The number of aliphatic hydroxyl groups excluding tert-OH is 1. The topological polar surface area (TPSA) is 43.8 Å². The fraction of sp³-hybridized carbons (Fsp3) is 0.786. The Morgan fingerprint density at radius 2 is 1.89 bits per heavy atom. The van der Waals surface area contributed by atoms with Gasteiger partial charge in [-0.05, 0) is 12.3 Å². The average Bonchev–Trinajstić information content (AvgIpc) is 2.37. The summed E-state index contributed by atoms with van der Waals surface area (Å²) in [5, 5.41) is 8.84. The highest BCUT2D eigenvalue weighted by Gasteiger charge is 2.17. The number of nitrogens with zero attached hydrogens (tertiary/aromatic N) is 2. The molecule has 4 nitrogen and oxygen atoms in total. The van der Waals surface area contributed by atoms with Gasteiger partial charge in [0.25, 0.3) is 0 Å². The predicted molar refractivity (Wildman–Crippen MR) is 72.3 cm³/mol. The maximum Gasteiger partial charge on any atom is 0.219 e. The minimum Gasteiger partial charge on any atom is -0.395 e. The molecule has 1 heterocycles. The number of aliphatic hydroxyl groups is 1. The molecule has 1 aliphatic heterocycles. The van der Waals surface area contributed by atoms with Crippen LogP contribution >= 0.6 is 0 Å². The van der Waals surface area contributed by atoms with E-state index in [2.05, 4.69) is 28.6 Å². The van der Waals surface area contributed by atoms with E-state index in [0.717, 1.165) is 52.0 Å². The minimum atomic E-state index is 0.0294. The van der Waals surface area contributed by atoms with Crippen molar-refractivity contribution in [3.05, 3.63) is 0 Å². The van der Waals surface area contributed by atoms with E-state index in [9.17, 15) is 4.79 Å². The van der Waals surface area contributed by atoms with Gasteiger partial charge in [0.1, 0.15) is 0 Å². The van der Waals surface area contributed by atoms with E-state index in [1.807, 2.05) is 0 Å². The predicted octanol–water partition coefficient (Wildman–Crippen LogP) is 0.359. The number of ketones is 1. The third-order valence-electron chi connectivity index (χ3n) is 3.13. The summed E-state index contributed by atoms with van der Waals surface area (Å²) < 4.78 is 0. The zero-order valence-electron chi connectivity index (χ0n) is 11.3. The minimum absolute atomic E-state index is 0.0294. The Balaban J connectivity index is 2.19. The van der Waals surface area contributed by atoms with Crippen LogP contribution < -0.4 is 0 Å². The number of Topliss-reactive ketones (excluding diaryl/α,β-unsaturated/α-hetero) is 1. The van der Waals surface area contributed by atoms with Crippen LogP contribution in [-0.4, -0.2) is 66.6 Å². The van der Waals surface area contributed by atoms with Crippen molar-refractivity contribution in [2.45, 2.75) is 26.2 Å². The summed E-state index contributed by atoms with van der Waals surface area (Å²) >= 11 is 0. The van der Waals surface area contributed by atoms with Crippen LogP contribution in [0.2, 0.25) is 0 Å². The zero-order chi connectivity index (χ0) is 13.2. The lowest BCUT2D eigenvalue weighted by atomic mass is 10.2. The fourth-order valence-electron chi connectivity index (χ4n) is 1.98. The third-order valence-corrected chi connectivity index (χ3v) is 3.13. The Morgan fingerprint density at radius 3 is 2.50 bits per heavy atom. The second-order valence-corrected chi connectivity index (χ2v) is 4.67. The molecule has 0 aromatic carbocycles. The average molecular weight is 252 g/mol. The number of piperazine rings is 1. The molecular weight excluding hydrogens is 228 g/mol. The van der Waals surface area contributed by atoms with Crippen molar-refractivity contribution < 1.29 is 9.90 Å². The van der Waals surface area contributed by atoms with Crippen molar-refractivity contribution in [2.75, 3.05) is 45.9 Å². The Morgan fingerprint density at radius 1 is 1.22 bits per heavy atom. The van der Waals surface area contributed by atoms with Crippen molar-refractivity contribution >= 4 is 5.78 Å². The van der Waals surface area contributed by atoms with E-state index in [-0.39, 0.29) is 12.4 Å². The van der Waals surface area contributed by atoms with E-state index in [4.69, 9.17) is 5.11 Å². The van der Waals surface area contributed by atoms with Crippen LogP contribution in [0.3, 0.4) is 0 Å². The van der Waals surface area contributed by atoms with Gasteiger partial charge in [-0.2, -0.15) is 0 Å². The zero-order valence-corrected chi connectivity index (χ0v) is 11.3. The molecule has 0 amide bonds. The lowest BCUT2D eigenvalue weighted by Gasteiger charge is -2.33. The summed E-state index contributed by atoms with van der Waals surface area (Å²) in [7, 11) is 0. The molecule has 18 heavy (non-hydrogen) atoms. The molecule has 1 fully saturated rings. The monoisotopic (exact) mass is 252 g/mol. The first-order valence-corrected chi connectivity index (χ1v) is 6.83. The van der Waals surface area contributed by atoms with Crippen LogP contribution in [-0.2, 0) is 4.79 Å². The van der Waals surface area contributed by atoms with E-state index >= 15 is 0 Å². The lowest BCUT2D eigenvalue weighted by Crippen LogP contribution is -2.48. The number of hydrogen-bond acceptors (Lipinski definition) is 4. The Kier molecular flexibility index (Phi) is 7.66. The molecule has 0 radical (unpaired) electrons. The van der Waals surface area contributed by atoms with Crippen LogP contribution in [0, 0.1) is 11.8 Å². The second-order valence-electron chi connectivity index (χ2n) is 4.67. The Bertz CT molecular complexity index is 299. The molecule has 1 saturated heterocycles. The molecule has 0 spiro atoms. The smallest absolute Gasteiger partial charge is 0.219 e. The van der Waals surface area contributed by atoms with Gasteiger partial charge in [0.15, 0.2) is 0 Å². The highest BCUT2D eigenvalue weighted by Crippen LogP contribution is 2.00. The standard InChI is InChI=1S/C14H24N2O2/c1-2-3-4-5-6-14(18)13-16-9-7-15(8-10-16)11-12-17/h17H,2-4,7-13H2,1H3. The molecule has 0 saturated carbocycles. The summed E-state index contributed by atoms with van der Waals surface area (Å²) in [5.41, 5.74) is 0. The first kappa shape index (κ1) is 15.2. The summed E-state index contributed by atoms with van der Waals surface area (Å²) in [6, 6.07) is 0. The fourth-order valence-corrected chi connectivity index (χ4v) is 1.98. The number of rotatable bonds is 6. The van der Waals surface area contributed by atoms with E-state index in [1.165, 1.54) is 0 Å². The number of carbonyl (C=O) groups excluding carboxylic acids is 1. The van der Waals surface area contributed by atoms with Crippen molar-refractivity contribution in [3.63, 3.8) is 0 Å². The first-order chi connectivity index (χ1) is 8.76. The molecule has 4 heteroatoms. The molecule has 1 aliphatic rings. The molecule has 0 aliphatic carbocycles. The van der Waals surface area contributed by atoms with Crippen molar-refractivity contribution in [2.24, 2.45) is 0 Å². The van der Waals surface area contributed by atoms with Crippen LogP contribution in [0.5, 0.6) is 0 Å². The molecular formula is C14H24N2O2. The summed E-state index contributed by atoms with van der Waals surface area (Å²) in [6.45, 7) is 7.15. The summed E-state index contributed by atoms with van der Waals surface area (Å²) in [4.78, 5) is 16.0. The maximum atomic E-state index is 11.6.